The van der Waals surface area contributed by atoms with E-state index in [0.717, 1.165) is 28.6 Å². The van der Waals surface area contributed by atoms with Crippen molar-refractivity contribution in [3.63, 3.8) is 0 Å². The van der Waals surface area contributed by atoms with E-state index in [4.69, 9.17) is 0 Å². The van der Waals surface area contributed by atoms with Gasteiger partial charge in [0.25, 0.3) is 0 Å². The second-order valence-electron chi connectivity index (χ2n) is 23.5. The number of aliphatic imine (C=N–C) groups is 1. The maximum absolute atomic E-state index is 4.58. The molecule has 0 aliphatic carbocycles. The number of benzene rings is 4. The van der Waals surface area contributed by atoms with Crippen LogP contribution in [0.3, 0.4) is 0 Å². The number of rotatable bonds is 0. The average Bonchev–Trinajstić information content (AvgIpc) is 1.41. The lowest BCUT2D eigenvalue weighted by Gasteiger charge is -1.90. The second kappa shape index (κ2) is 83.1. The average molecular weight is 1920 g/mol. The molecule has 0 bridgehead atoms. The zero-order valence-corrected chi connectivity index (χ0v) is 77.9. The van der Waals surface area contributed by atoms with Crippen molar-refractivity contribution in [2.45, 2.75) is 0 Å². The van der Waals surface area contributed by atoms with E-state index < -0.39 is 0 Å². The minimum Gasteiger partial charge on any atom is -0.473 e. The third-order valence-corrected chi connectivity index (χ3v) is 18.5. The number of pyridine rings is 2. The summed E-state index contributed by atoms with van der Waals surface area (Å²) in [5, 5.41) is 40.5. The highest BCUT2D eigenvalue weighted by molar-refractivity contribution is 7.25. The van der Waals surface area contributed by atoms with Gasteiger partial charge >= 0.3 is 0 Å². The summed E-state index contributed by atoms with van der Waals surface area (Å²) in [5.74, 6) is 0. The molecule has 5 N–H and O–H groups in total. The largest absolute Gasteiger partial charge is 0.473 e. The van der Waals surface area contributed by atoms with E-state index in [2.05, 4.69) is 235 Å². The van der Waals surface area contributed by atoms with Gasteiger partial charge < -0.3 is 33.3 Å². The maximum atomic E-state index is 4.58. The van der Waals surface area contributed by atoms with Gasteiger partial charge in [-0.05, 0) is 195 Å². The Kier molecular flexibility index (Phi) is 65.5. The Bertz CT molecular complexity index is 5190. The fraction of sp³-hybridized carbons (Fsp3) is 0.0204. The number of oxazole rings is 1. The van der Waals surface area contributed by atoms with Gasteiger partial charge in [-0.15, -0.1) is 50.5 Å². The number of thiophene rings is 4. The van der Waals surface area contributed by atoms with Crippen LogP contribution in [0.1, 0.15) is 0 Å². The molecule has 0 saturated heterocycles. The molecular formula is C98H95N29O3S6. The molecule has 136 heavy (non-hydrogen) atoms. The molecule has 38 heteroatoms. The summed E-state index contributed by atoms with van der Waals surface area (Å²) in [5.41, 5.74) is 7.02. The predicted octanol–water partition coefficient (Wildman–Crippen LogP) is 25.2. The highest BCUT2D eigenvalue weighted by atomic mass is 32.1. The van der Waals surface area contributed by atoms with Gasteiger partial charge in [0, 0.05) is 204 Å². The Morgan fingerprint density at radius 3 is 1.24 bits per heavy atom. The van der Waals surface area contributed by atoms with Crippen molar-refractivity contribution < 1.29 is 13.4 Å². The summed E-state index contributed by atoms with van der Waals surface area (Å²) in [6.07, 6.45) is 68.6. The molecule has 0 unspecified atom stereocenters. The van der Waals surface area contributed by atoms with Crippen molar-refractivity contribution in [1.82, 2.24) is 119 Å². The van der Waals surface area contributed by atoms with Crippen LogP contribution in [0.15, 0.2) is 555 Å². The van der Waals surface area contributed by atoms with Crippen molar-refractivity contribution in [2.75, 3.05) is 13.2 Å². The first-order valence-corrected chi connectivity index (χ1v) is 45.7. The van der Waals surface area contributed by atoms with Crippen LogP contribution in [-0.2, 0) is 0 Å². The Hall–Kier alpha value is -17.6. The summed E-state index contributed by atoms with van der Waals surface area (Å²) >= 11 is 10.2. The molecule has 2 aliphatic heterocycles. The molecular weight excluding hydrogens is 1820 g/mol. The zero-order chi connectivity index (χ0) is 94.9. The number of imidazole rings is 2. The number of hydrogen-bond donors (Lipinski definition) is 5. The highest BCUT2D eigenvalue weighted by Gasteiger charge is 1.93. The van der Waals surface area contributed by atoms with Gasteiger partial charge in [-0.1, -0.05) is 90.1 Å². The molecule has 4 aromatic carbocycles. The van der Waals surface area contributed by atoms with Crippen molar-refractivity contribution in [2.24, 2.45) is 25.4 Å². The Labute approximate surface area is 808 Å². The van der Waals surface area contributed by atoms with E-state index >= 15 is 0 Å². The van der Waals surface area contributed by atoms with E-state index in [9.17, 15) is 0 Å². The first kappa shape index (κ1) is 107. The van der Waals surface area contributed by atoms with E-state index in [-0.39, 0.29) is 0 Å². The van der Waals surface area contributed by atoms with Crippen LogP contribution in [0.4, 0.5) is 0 Å². The molecule has 0 saturated carbocycles. The number of nitrogens with one attached hydrogen (secondary N) is 5. The summed E-state index contributed by atoms with van der Waals surface area (Å²) < 4.78 is 21.3. The minimum atomic E-state index is 0.528. The number of fused-ring (bicyclic) bond motifs is 5. The predicted molar refractivity (Wildman–Crippen MR) is 547 cm³/mol. The van der Waals surface area contributed by atoms with Crippen molar-refractivity contribution in [3.8, 4) is 0 Å². The van der Waals surface area contributed by atoms with Crippen molar-refractivity contribution in [1.29, 1.82) is 0 Å². The lowest BCUT2D eigenvalue weighted by molar-refractivity contribution is 0.420. The number of aromatic nitrogens is 24. The summed E-state index contributed by atoms with van der Waals surface area (Å²) in [6, 6.07) is 72.9. The number of hydrogen-bond acceptors (Lipinski definition) is 33. The molecule has 27 rings (SSSR count). The van der Waals surface area contributed by atoms with E-state index in [1.165, 1.54) is 79.8 Å². The molecule has 0 radical (unpaired) electrons. The van der Waals surface area contributed by atoms with Crippen LogP contribution in [0.2, 0.25) is 0 Å². The third-order valence-electron chi connectivity index (χ3n) is 14.0. The van der Waals surface area contributed by atoms with Crippen molar-refractivity contribution >= 4 is 127 Å². The first-order valence-electron chi connectivity index (χ1n) is 40.3. The van der Waals surface area contributed by atoms with Crippen LogP contribution in [0.5, 0.6) is 0 Å². The standard InChI is InChI=1S/C8H6N2.C8H7N.C8H6S.C7H6N2.C6H4S2.2C5H5N.4C4H4N2.C4H5N.C4H4O.C4H4S.3C3H4N2.2C3H3NO.2C3H3NS.C2H3N3/c1-2-4-8-7(3-1)9-5-6-10-8;2*1-2-4-8-7(3-1)5-6-9-8;1-2-4-7-6(3-1)8-5-9-7;1-3-7-6-2-4-8-5(1)6;2*1-2-4-6-5-3-1;2*1-2-6-4-3-5-1;2*1-2-5-4-6-3-1;3*1-2-4-5-3-1;1-2-5-3-4-1;2*1-2-4-5-3-1;1-2-5-3-4-1;1-2-4-5-3-1;1-2-5-3-4-1;1-2-4-5-3-1;1-3-2-5-4-1/h1-6H;1-6,9H;1-6H;1-5H,(H,8,9);1-4H;2*1-5H;4*1-4H;1-5H;2*1-4H;1-3H,(H,4,5);1-2H,3H2;1-3H,(H,4,5);4*1-3H;1H,2H2. The molecule has 0 amide bonds. The number of H-pyrrole nitrogens is 5. The van der Waals surface area contributed by atoms with Gasteiger partial charge in [-0.25, -0.2) is 44.3 Å². The smallest absolute Gasteiger partial charge is 0.180 e. The quantitative estimate of drug-likeness (QED) is 0.0941. The molecule has 0 spiro atoms. The fourth-order valence-electron chi connectivity index (χ4n) is 8.31. The van der Waals surface area contributed by atoms with Gasteiger partial charge in [0.05, 0.1) is 71.7 Å². The molecule has 0 atom stereocenters. The molecule has 23 heterocycles. The van der Waals surface area contributed by atoms with Gasteiger partial charge in [-0.2, -0.15) is 31.8 Å². The van der Waals surface area contributed by atoms with Gasteiger partial charge in [0.1, 0.15) is 31.5 Å². The number of azo groups is 2. The first-order chi connectivity index (χ1) is 67.8. The van der Waals surface area contributed by atoms with Gasteiger partial charge in [0.2, 0.25) is 0 Å². The van der Waals surface area contributed by atoms with Crippen LogP contribution in [-0.4, -0.2) is 139 Å². The lowest BCUT2D eigenvalue weighted by Crippen LogP contribution is -1.78. The Morgan fingerprint density at radius 1 is 0.309 bits per heavy atom. The van der Waals surface area contributed by atoms with Crippen molar-refractivity contribution in [3.05, 3.63) is 516 Å². The van der Waals surface area contributed by atoms with Crippen LogP contribution in [0, 0.1) is 0 Å². The highest BCUT2D eigenvalue weighted by Crippen LogP contribution is 2.25. The van der Waals surface area contributed by atoms with E-state index in [1.54, 1.807) is 273 Å². The van der Waals surface area contributed by atoms with E-state index in [1.807, 2.05) is 192 Å². The topological polar surface area (TPSA) is 425 Å². The van der Waals surface area contributed by atoms with E-state index in [0.29, 0.717) is 6.67 Å². The zero-order valence-electron chi connectivity index (χ0n) is 73.0. The molecule has 686 valence electrons. The summed E-state index contributed by atoms with van der Waals surface area (Å²) in [4.78, 5) is 75.8. The number of furan rings is 1. The number of thiazole rings is 1. The molecule has 0 fully saturated rings. The van der Waals surface area contributed by atoms with Gasteiger partial charge in [0.15, 0.2) is 13.1 Å². The lowest BCUT2D eigenvalue weighted by atomic mass is 10.3. The maximum Gasteiger partial charge on any atom is 0.180 e. The normalized spacial score (nSPS) is 9.44. The third kappa shape index (κ3) is 61.8. The fourth-order valence-corrected chi connectivity index (χ4v) is 12.1. The summed E-state index contributed by atoms with van der Waals surface area (Å²) in [7, 11) is 0. The second-order valence-corrected chi connectivity index (χ2v) is 28.6. The van der Waals surface area contributed by atoms with Crippen LogP contribution < -0.4 is 0 Å². The monoisotopic (exact) mass is 1920 g/mol. The van der Waals surface area contributed by atoms with Crippen LogP contribution in [0.25, 0.3) is 52.5 Å². The van der Waals surface area contributed by atoms with Gasteiger partial charge in [-0.3, -0.25) is 50.0 Å². The SMILES string of the molecule is C1=CN=NC1.C1=NCN=N1.c1c[nH]cn1.c1cc2sccc2s1.c1cc[nH]c1.c1ccc2[nH]ccc2c1.c1ccc2[nH]cnc2c1.c1ccc2nccnc2c1.c1ccc2sccc2c1.c1ccncc1.c1ccncc1.c1ccoc1.c1ccsc1.c1cn[nH]c1.c1cnccn1.c1cnccn1.c1cncnc1.c1cncnc1.c1cnoc1.c1cnsc1.c1cocn1.c1cscn1. The molecule has 32 nitrogen and oxygen atoms in total. The molecule has 2 aliphatic rings. The van der Waals surface area contributed by atoms with Crippen LogP contribution >= 0.6 is 68.2 Å². The molecule has 21 aromatic heterocycles. The minimum absolute atomic E-state index is 0.528. The Morgan fingerprint density at radius 2 is 0.912 bits per heavy atom. The number of nitrogens with zero attached hydrogens (tertiary/aromatic N) is 24. The number of para-hydroxylation sites is 5. The Balaban J connectivity index is 0.000000220. The molecule has 25 aromatic rings. The number of aromatic amines is 5. The summed E-state index contributed by atoms with van der Waals surface area (Å²) in [6.45, 7) is 1.31.